The van der Waals surface area contributed by atoms with Crippen LogP contribution in [0, 0.1) is 11.8 Å². The van der Waals surface area contributed by atoms with E-state index in [0.717, 1.165) is 18.4 Å². The first kappa shape index (κ1) is 47.8. The summed E-state index contributed by atoms with van der Waals surface area (Å²) in [7, 11) is 0. The van der Waals surface area contributed by atoms with Crippen molar-refractivity contribution in [3.05, 3.63) is 0 Å². The van der Waals surface area contributed by atoms with Gasteiger partial charge in [-0.25, -0.2) is 0 Å². The van der Waals surface area contributed by atoms with Gasteiger partial charge in [0.1, 0.15) is 0 Å². The van der Waals surface area contributed by atoms with E-state index in [1.165, 1.54) is 218 Å². The second-order valence-corrected chi connectivity index (χ2v) is 18.3. The average Bonchev–Trinajstić information content (AvgIpc) is 3.24. The van der Waals surface area contributed by atoms with E-state index < -0.39 is 0 Å². The Morgan fingerprint density at radius 2 is 0.491 bits per heavy atom. The Labute approximate surface area is 340 Å². The fourth-order valence-corrected chi connectivity index (χ4v) is 10.2. The van der Waals surface area contributed by atoms with Crippen LogP contribution in [0.15, 0.2) is 40.9 Å². The largest absolute Gasteiger partial charge is 0.194 e. The van der Waals surface area contributed by atoms with Crippen LogP contribution < -0.4 is 0 Å². The minimum atomic E-state index is 0. The van der Waals surface area contributed by atoms with Gasteiger partial charge in [0.15, 0.2) is 0 Å². The number of rotatable bonds is 10. The molecule has 0 bridgehead atoms. The van der Waals surface area contributed by atoms with Gasteiger partial charge in [-0.05, 0) is 141 Å². The molecular formula is C47H90N8. The van der Waals surface area contributed by atoms with Gasteiger partial charge < -0.3 is 0 Å². The topological polar surface area (TPSA) is 98.9 Å². The lowest BCUT2D eigenvalue weighted by Gasteiger charge is -2.32. The molecule has 7 aliphatic carbocycles. The minimum absolute atomic E-state index is 0. The Kier molecular flexibility index (Phi) is 25.7. The maximum absolute atomic E-state index is 4.76. The fourth-order valence-electron chi connectivity index (χ4n) is 10.2. The van der Waals surface area contributed by atoms with E-state index in [4.69, 9.17) is 20.5 Å². The van der Waals surface area contributed by atoms with Crippen molar-refractivity contribution in [2.24, 2.45) is 52.7 Å². The Hall–Kier alpha value is -1.60. The number of nitrogens with zero attached hydrogens (tertiary/aromatic N) is 8. The van der Waals surface area contributed by atoms with Gasteiger partial charge in [0.25, 0.3) is 0 Å². The zero-order valence-electron chi connectivity index (χ0n) is 34.5. The maximum atomic E-state index is 4.76. The first-order chi connectivity index (χ1) is 26.2. The van der Waals surface area contributed by atoms with Crippen LogP contribution in [0.3, 0.4) is 0 Å². The summed E-state index contributed by atoms with van der Waals surface area (Å²) in [5, 5.41) is 36.3. The van der Waals surface area contributed by atoms with Crippen molar-refractivity contribution in [3.63, 3.8) is 0 Å². The van der Waals surface area contributed by atoms with E-state index in [1.54, 1.807) is 0 Å². The van der Waals surface area contributed by atoms with E-state index in [9.17, 15) is 0 Å². The molecule has 0 spiro atoms. The summed E-state index contributed by atoms with van der Waals surface area (Å²) in [6.07, 6.45) is 45.6. The van der Waals surface area contributed by atoms with Gasteiger partial charge in [-0.2, -0.15) is 40.9 Å². The molecule has 0 amide bonds. The molecule has 0 atom stereocenters. The summed E-state index contributed by atoms with van der Waals surface area (Å²) >= 11 is 0. The molecule has 0 aromatic heterocycles. The SMILES string of the molecule is C.C.C1CCC(N=NC2CCC(CC3CCC(N=NC4CCCCC4)CC3)CC2)CC1.C1CCC(N=NC2CCCCC2)CC1.CCN=NC1CCCCC1. The van der Waals surface area contributed by atoms with E-state index >= 15 is 0 Å². The van der Waals surface area contributed by atoms with Gasteiger partial charge in [-0.1, -0.05) is 111 Å². The van der Waals surface area contributed by atoms with Crippen molar-refractivity contribution >= 4 is 0 Å². The highest BCUT2D eigenvalue weighted by Crippen LogP contribution is 2.37. The van der Waals surface area contributed by atoms with Crippen LogP contribution in [0.4, 0.5) is 0 Å². The Bertz CT molecular complexity index is 948. The third-order valence-corrected chi connectivity index (χ3v) is 13.7. The van der Waals surface area contributed by atoms with E-state index in [2.05, 4.69) is 20.5 Å². The molecule has 0 N–H and O–H groups in total. The van der Waals surface area contributed by atoms with Crippen LogP contribution in [0.25, 0.3) is 0 Å². The standard InChI is InChI=1S/C25H44N4.C12H22N2.C8H16N2.2CH4/c1-3-7-22(8-4-1)26-28-24-15-11-20(12-16-24)19-21-13-17-25(18-14-21)29-27-23-9-5-2-6-10-23;1-3-7-11(8-4-1)13-14-12-9-5-2-6-10-12;1-2-9-10-8-6-4-3-5-7-8;;/h20-25H,1-19H2;11-12H,1-10H2;8H,2-7H2,1H3;2*1H4. The Morgan fingerprint density at radius 1 is 0.273 bits per heavy atom. The molecule has 7 saturated carbocycles. The van der Waals surface area contributed by atoms with E-state index in [-0.39, 0.29) is 14.9 Å². The molecule has 7 fully saturated rings. The summed E-state index contributed by atoms with van der Waals surface area (Å²) in [6.45, 7) is 2.88. The lowest BCUT2D eigenvalue weighted by atomic mass is 9.76. The normalized spacial score (nSPS) is 30.0. The third kappa shape index (κ3) is 20.1. The average molecular weight is 767 g/mol. The van der Waals surface area contributed by atoms with Crippen LogP contribution in [0.5, 0.6) is 0 Å². The molecule has 0 radical (unpaired) electrons. The van der Waals surface area contributed by atoms with E-state index in [1.807, 2.05) is 6.92 Å². The predicted molar refractivity (Wildman–Crippen MR) is 234 cm³/mol. The Morgan fingerprint density at radius 3 is 0.727 bits per heavy atom. The molecule has 8 heteroatoms. The first-order valence-corrected chi connectivity index (χ1v) is 23.8. The molecule has 0 aliphatic heterocycles. The van der Waals surface area contributed by atoms with Gasteiger partial charge in [-0.3, -0.25) is 0 Å². The van der Waals surface area contributed by atoms with Crippen molar-refractivity contribution in [1.29, 1.82) is 0 Å². The fraction of sp³-hybridized carbons (Fsp3) is 1.00. The van der Waals surface area contributed by atoms with Crippen molar-refractivity contribution in [3.8, 4) is 0 Å². The molecule has 0 unspecified atom stereocenters. The summed E-state index contributed by atoms with van der Waals surface area (Å²) in [4.78, 5) is 0. The molecule has 318 valence electrons. The number of hydrogen-bond acceptors (Lipinski definition) is 8. The van der Waals surface area contributed by atoms with Crippen LogP contribution in [-0.4, -0.2) is 48.8 Å². The molecule has 55 heavy (non-hydrogen) atoms. The highest BCUT2D eigenvalue weighted by atomic mass is 15.2. The molecule has 8 nitrogen and oxygen atoms in total. The van der Waals surface area contributed by atoms with Gasteiger partial charge in [-0.15, -0.1) is 0 Å². The highest BCUT2D eigenvalue weighted by Gasteiger charge is 2.27. The smallest absolute Gasteiger partial charge is 0.0708 e. The van der Waals surface area contributed by atoms with Gasteiger partial charge in [0.2, 0.25) is 0 Å². The Balaban J connectivity index is 0.000000259. The summed E-state index contributed by atoms with van der Waals surface area (Å²) in [5.41, 5.74) is 0. The van der Waals surface area contributed by atoms with Gasteiger partial charge in [0.05, 0.1) is 48.8 Å². The molecule has 0 saturated heterocycles. The van der Waals surface area contributed by atoms with Crippen molar-refractivity contribution in [2.45, 2.75) is 282 Å². The van der Waals surface area contributed by atoms with E-state index in [0.29, 0.717) is 42.3 Å². The summed E-state index contributed by atoms with van der Waals surface area (Å²) in [5.74, 6) is 1.89. The number of hydrogen-bond donors (Lipinski definition) is 0. The molecule has 0 heterocycles. The zero-order valence-corrected chi connectivity index (χ0v) is 34.5. The van der Waals surface area contributed by atoms with Crippen LogP contribution in [-0.2, 0) is 0 Å². The lowest BCUT2D eigenvalue weighted by molar-refractivity contribution is 0.221. The molecule has 7 aliphatic rings. The van der Waals surface area contributed by atoms with Crippen molar-refractivity contribution < 1.29 is 0 Å². The second-order valence-electron chi connectivity index (χ2n) is 18.3. The summed E-state index contributed by atoms with van der Waals surface area (Å²) < 4.78 is 0. The van der Waals surface area contributed by atoms with Crippen molar-refractivity contribution in [1.82, 2.24) is 0 Å². The van der Waals surface area contributed by atoms with Crippen LogP contribution in [0.1, 0.15) is 240 Å². The van der Waals surface area contributed by atoms with Crippen molar-refractivity contribution in [2.75, 3.05) is 6.54 Å². The minimum Gasteiger partial charge on any atom is -0.194 e. The van der Waals surface area contributed by atoms with Crippen LogP contribution in [0.2, 0.25) is 0 Å². The summed E-state index contributed by atoms with van der Waals surface area (Å²) in [6, 6.07) is 3.87. The predicted octanol–water partition coefficient (Wildman–Crippen LogP) is 16.2. The highest BCUT2D eigenvalue weighted by molar-refractivity contribution is 4.83. The quantitative estimate of drug-likeness (QED) is 0.198. The molecular weight excluding hydrogens is 677 g/mol. The van der Waals surface area contributed by atoms with Gasteiger partial charge >= 0.3 is 0 Å². The third-order valence-electron chi connectivity index (χ3n) is 13.7. The zero-order chi connectivity index (χ0) is 36.6. The lowest BCUT2D eigenvalue weighted by Crippen LogP contribution is -2.23. The monoisotopic (exact) mass is 767 g/mol. The molecule has 7 rings (SSSR count). The molecule has 0 aromatic rings. The maximum Gasteiger partial charge on any atom is 0.0708 e. The first-order valence-electron chi connectivity index (χ1n) is 23.8. The van der Waals surface area contributed by atoms with Gasteiger partial charge in [0, 0.05) is 0 Å². The van der Waals surface area contributed by atoms with Crippen LogP contribution >= 0.6 is 0 Å². The number of azo groups is 4. The molecule has 0 aromatic carbocycles. The second kappa shape index (κ2) is 29.6.